The molecule has 0 aliphatic rings. The molecule has 0 bridgehead atoms. The Morgan fingerprint density at radius 3 is 2.59 bits per heavy atom. The first-order valence-electron chi connectivity index (χ1n) is 8.88. The van der Waals surface area contributed by atoms with Crippen molar-refractivity contribution in [1.29, 1.82) is 0 Å². The number of nitrogens with zero attached hydrogens (tertiary/aromatic N) is 2. The Morgan fingerprint density at radius 2 is 1.83 bits per heavy atom. The van der Waals surface area contributed by atoms with Crippen molar-refractivity contribution < 1.29 is 23.3 Å². The van der Waals surface area contributed by atoms with Gasteiger partial charge in [0, 0.05) is 23.6 Å². The van der Waals surface area contributed by atoms with Gasteiger partial charge in [-0.3, -0.25) is 0 Å². The molecule has 3 aromatic rings. The first-order valence-corrected chi connectivity index (χ1v) is 9.26. The Kier molecular flexibility index (Phi) is 7.40. The summed E-state index contributed by atoms with van der Waals surface area (Å²) in [6.07, 6.45) is 0. The molecule has 0 radical (unpaired) electrons. The average molecular weight is 422 g/mol. The molecule has 154 valence electrons. The van der Waals surface area contributed by atoms with E-state index in [1.54, 1.807) is 37.4 Å². The van der Waals surface area contributed by atoms with Crippen molar-refractivity contribution in [3.63, 3.8) is 0 Å². The summed E-state index contributed by atoms with van der Waals surface area (Å²) in [5.41, 5.74) is 0.830. The van der Waals surface area contributed by atoms with Crippen molar-refractivity contribution in [3.05, 3.63) is 47.2 Å². The average Bonchev–Trinajstić information content (AvgIpc) is 2.72. The zero-order chi connectivity index (χ0) is 20.6. The molecule has 0 saturated heterocycles. The molecule has 0 saturated carbocycles. The van der Waals surface area contributed by atoms with Crippen LogP contribution in [0.25, 0.3) is 10.9 Å². The quantitative estimate of drug-likeness (QED) is 0.491. The van der Waals surface area contributed by atoms with Gasteiger partial charge in [-0.1, -0.05) is 11.6 Å². The molecule has 2 aromatic carbocycles. The van der Waals surface area contributed by atoms with Crippen LogP contribution in [0, 0.1) is 5.82 Å². The maximum atomic E-state index is 14.2. The fraction of sp³-hybridized carbons (Fsp3) is 0.300. The molecule has 1 aromatic heterocycles. The van der Waals surface area contributed by atoms with Crippen LogP contribution in [0.1, 0.15) is 0 Å². The summed E-state index contributed by atoms with van der Waals surface area (Å²) in [5, 5.41) is 3.97. The lowest BCUT2D eigenvalue weighted by atomic mass is 10.2. The minimum Gasteiger partial charge on any atom is -0.491 e. The molecule has 9 heteroatoms. The van der Waals surface area contributed by atoms with Crippen LogP contribution in [0.3, 0.4) is 0 Å². The van der Waals surface area contributed by atoms with Crippen LogP contribution in [-0.2, 0) is 9.47 Å². The Labute approximate surface area is 172 Å². The van der Waals surface area contributed by atoms with Crippen LogP contribution < -0.4 is 14.8 Å². The molecule has 1 N–H and O–H groups in total. The molecule has 1 heterocycles. The van der Waals surface area contributed by atoms with E-state index in [1.165, 1.54) is 13.2 Å². The van der Waals surface area contributed by atoms with E-state index in [0.29, 0.717) is 53.9 Å². The van der Waals surface area contributed by atoms with E-state index in [-0.39, 0.29) is 11.7 Å². The molecular formula is C20H21ClFN3O4. The first-order chi connectivity index (χ1) is 14.1. The number of anilines is 2. The second-order valence-corrected chi connectivity index (χ2v) is 6.38. The molecule has 0 aliphatic carbocycles. The third-order valence-corrected chi connectivity index (χ3v) is 4.18. The molecule has 3 rings (SSSR count). The minimum atomic E-state index is -0.489. The van der Waals surface area contributed by atoms with E-state index >= 15 is 0 Å². The lowest BCUT2D eigenvalue weighted by Gasteiger charge is -2.12. The van der Waals surface area contributed by atoms with Gasteiger partial charge in [-0.2, -0.15) is 9.97 Å². The Morgan fingerprint density at radius 1 is 1.00 bits per heavy atom. The largest absolute Gasteiger partial charge is 0.491 e. The summed E-state index contributed by atoms with van der Waals surface area (Å²) >= 11 is 5.81. The van der Waals surface area contributed by atoms with Gasteiger partial charge >= 0.3 is 6.01 Å². The fourth-order valence-electron chi connectivity index (χ4n) is 2.55. The van der Waals surface area contributed by atoms with Gasteiger partial charge in [0.05, 0.1) is 38.1 Å². The van der Waals surface area contributed by atoms with E-state index in [1.807, 2.05) is 0 Å². The topological polar surface area (TPSA) is 74.7 Å². The highest BCUT2D eigenvalue weighted by atomic mass is 35.5. The maximum Gasteiger partial charge on any atom is 0.318 e. The van der Waals surface area contributed by atoms with Crippen LogP contribution in [0.4, 0.5) is 15.9 Å². The molecular weight excluding hydrogens is 401 g/mol. The van der Waals surface area contributed by atoms with Gasteiger partial charge in [0.25, 0.3) is 0 Å². The summed E-state index contributed by atoms with van der Waals surface area (Å²) < 4.78 is 35.3. The predicted octanol–water partition coefficient (Wildman–Crippen LogP) is 4.22. The smallest absolute Gasteiger partial charge is 0.318 e. The maximum absolute atomic E-state index is 14.2. The lowest BCUT2D eigenvalue weighted by Crippen LogP contribution is -2.10. The van der Waals surface area contributed by atoms with Gasteiger partial charge in [0.15, 0.2) is 0 Å². The summed E-state index contributed by atoms with van der Waals surface area (Å²) in [6, 6.07) is 9.86. The zero-order valence-electron chi connectivity index (χ0n) is 16.1. The number of halogens is 2. The van der Waals surface area contributed by atoms with Crippen molar-refractivity contribution in [2.24, 2.45) is 0 Å². The SMILES string of the molecule is COCCOCCOc1ccc2c(Nc3ccc(Cl)cc3F)nc(OC)nc2c1. The molecule has 0 atom stereocenters. The van der Waals surface area contributed by atoms with Gasteiger partial charge < -0.3 is 24.3 Å². The molecule has 0 spiro atoms. The van der Waals surface area contributed by atoms with E-state index in [0.717, 1.165) is 0 Å². The molecule has 0 aliphatic heterocycles. The van der Waals surface area contributed by atoms with Crippen LogP contribution in [-0.4, -0.2) is 50.6 Å². The van der Waals surface area contributed by atoms with E-state index in [9.17, 15) is 4.39 Å². The normalized spacial score (nSPS) is 10.9. The minimum absolute atomic E-state index is 0.148. The third kappa shape index (κ3) is 5.66. The molecule has 7 nitrogen and oxygen atoms in total. The summed E-state index contributed by atoms with van der Waals surface area (Å²) in [4.78, 5) is 8.64. The Balaban J connectivity index is 1.79. The number of rotatable bonds is 10. The highest BCUT2D eigenvalue weighted by molar-refractivity contribution is 6.30. The number of fused-ring (bicyclic) bond motifs is 1. The number of benzene rings is 2. The van der Waals surface area contributed by atoms with Crippen LogP contribution in [0.15, 0.2) is 36.4 Å². The number of hydrogen-bond acceptors (Lipinski definition) is 7. The summed E-state index contributed by atoms with van der Waals surface area (Å²) in [6.45, 7) is 1.88. The fourth-order valence-corrected chi connectivity index (χ4v) is 2.70. The summed E-state index contributed by atoms with van der Waals surface area (Å²) in [7, 11) is 3.08. The molecule has 0 fully saturated rings. The zero-order valence-corrected chi connectivity index (χ0v) is 16.8. The predicted molar refractivity (Wildman–Crippen MR) is 109 cm³/mol. The van der Waals surface area contributed by atoms with E-state index in [4.69, 9.17) is 30.5 Å². The standard InChI is InChI=1S/C20H21ClFN3O4/c1-26-7-8-28-9-10-29-14-4-5-15-18(12-14)24-20(27-2)25-19(15)23-17-6-3-13(21)11-16(17)22/h3-6,11-12H,7-10H2,1-2H3,(H,23,24,25). The van der Waals surface area contributed by atoms with E-state index < -0.39 is 5.82 Å². The number of methoxy groups -OCH3 is 2. The molecule has 29 heavy (non-hydrogen) atoms. The van der Waals surface area contributed by atoms with Crippen molar-refractivity contribution in [3.8, 4) is 11.8 Å². The monoisotopic (exact) mass is 421 g/mol. The van der Waals surface area contributed by atoms with Gasteiger partial charge in [0.1, 0.15) is 24.0 Å². The number of hydrogen-bond donors (Lipinski definition) is 1. The van der Waals surface area contributed by atoms with Crippen molar-refractivity contribution >= 4 is 34.0 Å². The second kappa shape index (κ2) is 10.2. The molecule has 0 amide bonds. The van der Waals surface area contributed by atoms with Crippen molar-refractivity contribution in [1.82, 2.24) is 9.97 Å². The Bertz CT molecular complexity index is 974. The third-order valence-electron chi connectivity index (χ3n) is 3.94. The van der Waals surface area contributed by atoms with Gasteiger partial charge in [-0.15, -0.1) is 0 Å². The van der Waals surface area contributed by atoms with Gasteiger partial charge in [0.2, 0.25) is 0 Å². The highest BCUT2D eigenvalue weighted by Gasteiger charge is 2.12. The number of aromatic nitrogens is 2. The van der Waals surface area contributed by atoms with Crippen LogP contribution in [0.2, 0.25) is 5.02 Å². The van der Waals surface area contributed by atoms with Crippen LogP contribution >= 0.6 is 11.6 Å². The van der Waals surface area contributed by atoms with Gasteiger partial charge in [-0.25, -0.2) is 4.39 Å². The number of nitrogens with one attached hydrogen (secondary N) is 1. The Hall–Kier alpha value is -2.68. The molecule has 0 unspecified atom stereocenters. The van der Waals surface area contributed by atoms with Crippen molar-refractivity contribution in [2.75, 3.05) is 46.0 Å². The number of ether oxygens (including phenoxy) is 4. The highest BCUT2D eigenvalue weighted by Crippen LogP contribution is 2.30. The van der Waals surface area contributed by atoms with Crippen LogP contribution in [0.5, 0.6) is 11.8 Å². The second-order valence-electron chi connectivity index (χ2n) is 5.94. The summed E-state index contributed by atoms with van der Waals surface area (Å²) in [5.74, 6) is 0.538. The first kappa shape index (κ1) is 21.0. The van der Waals surface area contributed by atoms with E-state index in [2.05, 4.69) is 15.3 Å². The van der Waals surface area contributed by atoms with Crippen molar-refractivity contribution in [2.45, 2.75) is 0 Å². The van der Waals surface area contributed by atoms with Gasteiger partial charge in [-0.05, 0) is 30.3 Å². The lowest BCUT2D eigenvalue weighted by molar-refractivity contribution is 0.0544.